The van der Waals surface area contributed by atoms with Gasteiger partial charge in [-0.25, -0.2) is 23.5 Å². The summed E-state index contributed by atoms with van der Waals surface area (Å²) < 4.78 is 76.9. The fraction of sp³-hybridized carbons (Fsp3) is 0.345. The van der Waals surface area contributed by atoms with Crippen molar-refractivity contribution in [2.75, 3.05) is 0 Å². The minimum Gasteiger partial charge on any atom is -0.456 e. The lowest BCUT2D eigenvalue weighted by Gasteiger charge is -2.25. The number of carbonyl (C=O) groups excluding carboxylic acids is 2. The highest BCUT2D eigenvalue weighted by Crippen LogP contribution is 2.34. The van der Waals surface area contributed by atoms with Gasteiger partial charge in [0.15, 0.2) is 0 Å². The zero-order chi connectivity index (χ0) is 29.0. The van der Waals surface area contributed by atoms with E-state index in [0.717, 1.165) is 6.07 Å². The highest BCUT2D eigenvalue weighted by atomic mass is 19.4. The Morgan fingerprint density at radius 3 is 2.05 bits per heavy atom. The fourth-order valence-corrected chi connectivity index (χ4v) is 3.76. The number of amides is 1. The summed E-state index contributed by atoms with van der Waals surface area (Å²) in [5.74, 6) is -5.52. The van der Waals surface area contributed by atoms with Crippen LogP contribution in [0.4, 0.5) is 22.0 Å². The van der Waals surface area contributed by atoms with Crippen molar-refractivity contribution >= 4 is 11.9 Å². The number of benzene rings is 2. The van der Waals surface area contributed by atoms with E-state index in [1.165, 1.54) is 55.5 Å². The molecule has 5 nitrogen and oxygen atoms in total. The number of rotatable bonds is 8. The molecular formula is C29H29F5N2O3. The van der Waals surface area contributed by atoms with Crippen LogP contribution in [0, 0.1) is 6.92 Å². The largest absolute Gasteiger partial charge is 0.487 e. The molecule has 3 rings (SSSR count). The van der Waals surface area contributed by atoms with Gasteiger partial charge in [-0.05, 0) is 69.5 Å². The number of nitrogens with zero attached hydrogens (tertiary/aromatic N) is 2. The van der Waals surface area contributed by atoms with Crippen LogP contribution in [-0.4, -0.2) is 33.7 Å². The van der Waals surface area contributed by atoms with Gasteiger partial charge in [-0.15, -0.1) is 13.2 Å². The summed E-state index contributed by atoms with van der Waals surface area (Å²) in [6.45, 7) is 5.73. The summed E-state index contributed by atoms with van der Waals surface area (Å²) in [6.07, 6.45) is -5.82. The summed E-state index contributed by atoms with van der Waals surface area (Å²) in [7, 11) is 0. The average Bonchev–Trinajstić information content (AvgIpc) is 2.84. The van der Waals surface area contributed by atoms with Gasteiger partial charge in [0.2, 0.25) is 0 Å². The molecule has 0 unspecified atom stereocenters. The van der Waals surface area contributed by atoms with Crippen LogP contribution in [0.5, 0.6) is 0 Å². The highest BCUT2D eigenvalue weighted by molar-refractivity contribution is 5.93. The van der Waals surface area contributed by atoms with Gasteiger partial charge in [-0.1, -0.05) is 42.5 Å². The fourth-order valence-electron chi connectivity index (χ4n) is 3.76. The molecule has 39 heavy (non-hydrogen) atoms. The molecule has 0 aliphatic heterocycles. The van der Waals surface area contributed by atoms with Crippen molar-refractivity contribution in [1.29, 1.82) is 0 Å². The summed E-state index contributed by atoms with van der Waals surface area (Å²) in [5, 5.41) is 0. The Morgan fingerprint density at radius 2 is 1.49 bits per heavy atom. The van der Waals surface area contributed by atoms with E-state index in [2.05, 4.69) is 4.98 Å². The standard InChI is InChI=1S/C29H29F5N2O3/c1-19-16-23(17-24(35-19)25(37)36(29(32,33)34)18-21-8-6-5-7-9-21)28(30,31)15-14-20-10-12-22(13-11-20)26(38)39-27(2,3)4/h5-13,16-17H,14-15,18H2,1-4H3. The number of alkyl halides is 5. The normalized spacial score (nSPS) is 12.2. The minimum atomic E-state index is -5.05. The summed E-state index contributed by atoms with van der Waals surface area (Å²) in [4.78, 5) is 28.5. The molecule has 1 heterocycles. The maximum absolute atomic E-state index is 15.2. The number of halogens is 5. The maximum atomic E-state index is 15.2. The monoisotopic (exact) mass is 548 g/mol. The third-order valence-electron chi connectivity index (χ3n) is 5.65. The molecule has 0 atom stereocenters. The molecule has 0 aliphatic carbocycles. The Hall–Kier alpha value is -3.82. The lowest BCUT2D eigenvalue weighted by Crippen LogP contribution is -2.42. The van der Waals surface area contributed by atoms with Crippen molar-refractivity contribution < 1.29 is 36.3 Å². The zero-order valence-electron chi connectivity index (χ0n) is 22.0. The number of hydrogen-bond acceptors (Lipinski definition) is 4. The Balaban J connectivity index is 1.77. The molecule has 10 heteroatoms. The Morgan fingerprint density at radius 1 is 0.872 bits per heavy atom. The maximum Gasteiger partial charge on any atom is 0.487 e. The van der Waals surface area contributed by atoms with Crippen molar-refractivity contribution in [1.82, 2.24) is 9.88 Å². The molecule has 0 bridgehead atoms. The molecule has 3 aromatic rings. The Bertz CT molecular complexity index is 1300. The third-order valence-corrected chi connectivity index (χ3v) is 5.65. The van der Waals surface area contributed by atoms with Crippen LogP contribution in [0.3, 0.4) is 0 Å². The molecule has 208 valence electrons. The first kappa shape index (κ1) is 29.7. The minimum absolute atomic E-state index is 0.0147. The van der Waals surface area contributed by atoms with Crippen LogP contribution >= 0.6 is 0 Å². The third kappa shape index (κ3) is 8.33. The van der Waals surface area contributed by atoms with Gasteiger partial charge in [0, 0.05) is 17.7 Å². The number of hydrogen-bond donors (Lipinski definition) is 0. The molecule has 2 aromatic carbocycles. The number of aryl methyl sites for hydroxylation is 2. The predicted molar refractivity (Wildman–Crippen MR) is 135 cm³/mol. The van der Waals surface area contributed by atoms with Crippen LogP contribution in [0.15, 0.2) is 66.7 Å². The number of pyridine rings is 1. The first-order chi connectivity index (χ1) is 18.0. The second kappa shape index (κ2) is 11.5. The first-order valence-electron chi connectivity index (χ1n) is 12.2. The second-order valence-electron chi connectivity index (χ2n) is 10.1. The van der Waals surface area contributed by atoms with E-state index in [1.807, 2.05) is 0 Å². The molecule has 0 radical (unpaired) electrons. The van der Waals surface area contributed by atoms with E-state index in [4.69, 9.17) is 4.74 Å². The van der Waals surface area contributed by atoms with Crippen molar-refractivity contribution in [2.45, 2.75) is 64.9 Å². The molecule has 0 spiro atoms. The molecule has 0 saturated heterocycles. The number of esters is 1. The van der Waals surface area contributed by atoms with Crippen LogP contribution in [0.2, 0.25) is 0 Å². The number of carbonyl (C=O) groups is 2. The van der Waals surface area contributed by atoms with Crippen LogP contribution < -0.4 is 0 Å². The molecular weight excluding hydrogens is 519 g/mol. The highest BCUT2D eigenvalue weighted by Gasteiger charge is 2.42. The average molecular weight is 549 g/mol. The van der Waals surface area contributed by atoms with Gasteiger partial charge in [0.1, 0.15) is 11.3 Å². The summed E-state index contributed by atoms with van der Waals surface area (Å²) in [5.41, 5.74) is -1.00. The van der Waals surface area contributed by atoms with Crippen LogP contribution in [0.1, 0.15) is 70.4 Å². The van der Waals surface area contributed by atoms with Gasteiger partial charge < -0.3 is 4.74 Å². The number of ether oxygens (including phenoxy) is 1. The van der Waals surface area contributed by atoms with Crippen molar-refractivity contribution in [3.8, 4) is 0 Å². The smallest absolute Gasteiger partial charge is 0.456 e. The van der Waals surface area contributed by atoms with E-state index in [1.54, 1.807) is 26.8 Å². The van der Waals surface area contributed by atoms with Crippen LogP contribution in [0.25, 0.3) is 0 Å². The summed E-state index contributed by atoms with van der Waals surface area (Å²) in [6, 6.07) is 15.3. The van der Waals surface area contributed by atoms with E-state index < -0.39 is 53.9 Å². The Labute approximate surface area is 223 Å². The van der Waals surface area contributed by atoms with E-state index in [0.29, 0.717) is 11.6 Å². The predicted octanol–water partition coefficient (Wildman–Crippen LogP) is 7.23. The van der Waals surface area contributed by atoms with Gasteiger partial charge in [-0.2, -0.15) is 0 Å². The van der Waals surface area contributed by atoms with Crippen LogP contribution in [-0.2, 0) is 23.6 Å². The van der Waals surface area contributed by atoms with E-state index >= 15 is 8.78 Å². The van der Waals surface area contributed by atoms with Crippen molar-refractivity contribution in [2.24, 2.45) is 0 Å². The molecule has 1 amide bonds. The quantitative estimate of drug-likeness (QED) is 0.169. The molecule has 0 saturated carbocycles. The van der Waals surface area contributed by atoms with E-state index in [9.17, 15) is 22.8 Å². The molecule has 0 aliphatic rings. The second-order valence-corrected chi connectivity index (χ2v) is 10.1. The summed E-state index contributed by atoms with van der Waals surface area (Å²) >= 11 is 0. The number of aromatic nitrogens is 1. The van der Waals surface area contributed by atoms with Gasteiger partial charge in [0.05, 0.1) is 12.1 Å². The molecule has 1 aromatic heterocycles. The Kier molecular flexibility index (Phi) is 8.77. The SMILES string of the molecule is Cc1cc(C(F)(F)CCc2ccc(C(=O)OC(C)(C)C)cc2)cc(C(=O)N(Cc2ccccc2)C(F)(F)F)n1. The van der Waals surface area contributed by atoms with Crippen molar-refractivity contribution in [3.63, 3.8) is 0 Å². The van der Waals surface area contributed by atoms with Gasteiger partial charge >= 0.3 is 12.3 Å². The van der Waals surface area contributed by atoms with Gasteiger partial charge in [0.25, 0.3) is 11.8 Å². The topological polar surface area (TPSA) is 59.5 Å². The lowest BCUT2D eigenvalue weighted by atomic mass is 9.99. The zero-order valence-corrected chi connectivity index (χ0v) is 22.0. The van der Waals surface area contributed by atoms with E-state index in [-0.39, 0.29) is 28.1 Å². The molecule has 0 fully saturated rings. The lowest BCUT2D eigenvalue weighted by molar-refractivity contribution is -0.228. The first-order valence-corrected chi connectivity index (χ1v) is 12.2. The molecule has 0 N–H and O–H groups in total. The van der Waals surface area contributed by atoms with Crippen molar-refractivity contribution in [3.05, 3.63) is 100 Å². The van der Waals surface area contributed by atoms with Gasteiger partial charge in [-0.3, -0.25) is 4.79 Å².